The van der Waals surface area contributed by atoms with Gasteiger partial charge in [-0.05, 0) is 56.9 Å². The second-order valence-corrected chi connectivity index (χ2v) is 7.78. The number of nitrogens with zero attached hydrogens (tertiary/aromatic N) is 1. The highest BCUT2D eigenvalue weighted by Gasteiger charge is 2.12. The van der Waals surface area contributed by atoms with Crippen LogP contribution in [0.3, 0.4) is 0 Å². The van der Waals surface area contributed by atoms with Crippen molar-refractivity contribution in [2.45, 2.75) is 20.3 Å². The van der Waals surface area contributed by atoms with Crippen molar-refractivity contribution in [3.05, 3.63) is 34.9 Å². The Morgan fingerprint density at radius 3 is 2.83 bits per heavy atom. The van der Waals surface area contributed by atoms with E-state index in [2.05, 4.69) is 62.3 Å². The fraction of sp³-hybridized carbons (Fsp3) is 0.333. The van der Waals surface area contributed by atoms with Crippen molar-refractivity contribution in [3.63, 3.8) is 0 Å². The van der Waals surface area contributed by atoms with E-state index in [0.29, 0.717) is 15.3 Å². The molecule has 0 aliphatic carbocycles. The van der Waals surface area contributed by atoms with Gasteiger partial charge in [0.25, 0.3) is 5.56 Å². The van der Waals surface area contributed by atoms with E-state index in [0.717, 1.165) is 21.5 Å². The van der Waals surface area contributed by atoms with Gasteiger partial charge in [-0.3, -0.25) is 4.79 Å². The lowest BCUT2D eigenvalue weighted by molar-refractivity contribution is 0.631. The lowest BCUT2D eigenvalue weighted by Gasteiger charge is -2.07. The zero-order valence-corrected chi connectivity index (χ0v) is 14.5. The van der Waals surface area contributed by atoms with E-state index in [-0.39, 0.29) is 5.56 Å². The van der Waals surface area contributed by atoms with Crippen LogP contribution in [0.1, 0.15) is 19.5 Å². The molecule has 2 aromatic heterocycles. The minimum atomic E-state index is -0.0569. The van der Waals surface area contributed by atoms with E-state index in [1.165, 1.54) is 0 Å². The maximum Gasteiger partial charge on any atom is 0.264 e. The summed E-state index contributed by atoms with van der Waals surface area (Å²) in [6, 6.07) is 1.97. The van der Waals surface area contributed by atoms with Crippen molar-refractivity contribution < 1.29 is 0 Å². The lowest BCUT2D eigenvalue weighted by Crippen LogP contribution is -2.17. The number of thiophene rings is 1. The molecule has 0 aromatic carbocycles. The minimum Gasteiger partial charge on any atom is -0.306 e. The number of hydrogen-bond donors (Lipinski definition) is 1. The summed E-state index contributed by atoms with van der Waals surface area (Å²) in [5.74, 6) is 1.13. The molecule has 0 unspecified atom stereocenters. The number of aromatic nitrogens is 2. The first-order chi connectivity index (χ1) is 8.47. The van der Waals surface area contributed by atoms with Crippen molar-refractivity contribution in [2.75, 3.05) is 0 Å². The standard InChI is InChI=1S/C12H12BrIN2OS/c1-6(2)3-8-10(14)12(17)16-11(15-8)7-4-9(13)18-5-7/h4-6H,3H2,1-2H3,(H,15,16,17). The van der Waals surface area contributed by atoms with Crippen LogP contribution in [0.15, 0.2) is 20.0 Å². The molecule has 3 nitrogen and oxygen atoms in total. The zero-order valence-electron chi connectivity index (χ0n) is 9.96. The fourth-order valence-corrected chi connectivity index (χ4v) is 3.22. The number of rotatable bonds is 3. The summed E-state index contributed by atoms with van der Waals surface area (Å²) in [7, 11) is 0. The molecule has 0 fully saturated rings. The predicted molar refractivity (Wildman–Crippen MR) is 87.1 cm³/mol. The van der Waals surface area contributed by atoms with E-state index in [1.54, 1.807) is 11.3 Å². The molecule has 0 aliphatic rings. The molecule has 0 atom stereocenters. The molecule has 0 radical (unpaired) electrons. The van der Waals surface area contributed by atoms with Crippen LogP contribution in [0.2, 0.25) is 0 Å². The predicted octanol–water partition coefficient (Wildman–Crippen LogP) is 4.06. The lowest BCUT2D eigenvalue weighted by atomic mass is 10.1. The maximum absolute atomic E-state index is 11.9. The summed E-state index contributed by atoms with van der Waals surface area (Å²) in [4.78, 5) is 19.3. The molecule has 2 heterocycles. The third kappa shape index (κ3) is 3.21. The van der Waals surface area contributed by atoms with Gasteiger partial charge in [0.15, 0.2) is 0 Å². The van der Waals surface area contributed by atoms with Gasteiger partial charge >= 0.3 is 0 Å². The molecule has 0 aliphatic heterocycles. The highest BCUT2D eigenvalue weighted by Crippen LogP contribution is 2.27. The number of hydrogen-bond acceptors (Lipinski definition) is 3. The molecule has 0 amide bonds. The van der Waals surface area contributed by atoms with Crippen LogP contribution in [0, 0.1) is 9.49 Å². The number of halogens is 2. The topological polar surface area (TPSA) is 45.8 Å². The summed E-state index contributed by atoms with van der Waals surface area (Å²) in [5, 5.41) is 1.98. The molecule has 18 heavy (non-hydrogen) atoms. The Labute approximate surface area is 131 Å². The SMILES string of the molecule is CC(C)Cc1nc(-c2csc(Br)c2)[nH]c(=O)c1I. The Morgan fingerprint density at radius 2 is 2.28 bits per heavy atom. The Kier molecular flexibility index (Phi) is 4.60. The van der Waals surface area contributed by atoms with Crippen LogP contribution in [0.4, 0.5) is 0 Å². The first kappa shape index (κ1) is 14.2. The van der Waals surface area contributed by atoms with E-state index in [9.17, 15) is 4.79 Å². The average Bonchev–Trinajstić information content (AvgIpc) is 2.70. The van der Waals surface area contributed by atoms with Crippen molar-refractivity contribution in [2.24, 2.45) is 5.92 Å². The molecule has 1 N–H and O–H groups in total. The van der Waals surface area contributed by atoms with Crippen molar-refractivity contribution in [1.29, 1.82) is 0 Å². The normalized spacial score (nSPS) is 11.2. The van der Waals surface area contributed by atoms with Gasteiger partial charge < -0.3 is 4.98 Å². The van der Waals surface area contributed by atoms with E-state index >= 15 is 0 Å². The molecular formula is C12H12BrIN2OS. The fourth-order valence-electron chi connectivity index (χ4n) is 1.60. The molecule has 6 heteroatoms. The molecule has 0 saturated carbocycles. The average molecular weight is 439 g/mol. The van der Waals surface area contributed by atoms with Gasteiger partial charge in [-0.2, -0.15) is 0 Å². The van der Waals surface area contributed by atoms with Crippen LogP contribution in [-0.4, -0.2) is 9.97 Å². The second-order valence-electron chi connectivity index (χ2n) is 4.41. The largest absolute Gasteiger partial charge is 0.306 e. The second kappa shape index (κ2) is 5.83. The third-order valence-corrected chi connectivity index (χ3v) is 4.99. The zero-order chi connectivity index (χ0) is 13.3. The van der Waals surface area contributed by atoms with Crippen LogP contribution in [0.25, 0.3) is 11.4 Å². The Bertz CT molecular complexity index is 621. The van der Waals surface area contributed by atoms with Crippen molar-refractivity contribution in [1.82, 2.24) is 9.97 Å². The highest BCUT2D eigenvalue weighted by molar-refractivity contribution is 14.1. The molecule has 2 rings (SSSR count). The monoisotopic (exact) mass is 438 g/mol. The molecular weight excluding hydrogens is 427 g/mol. The van der Waals surface area contributed by atoms with Crippen molar-refractivity contribution >= 4 is 49.9 Å². The summed E-state index contributed by atoms with van der Waals surface area (Å²) in [6.07, 6.45) is 0.820. The number of aromatic amines is 1. The first-order valence-corrected chi connectivity index (χ1v) is 8.25. The maximum atomic E-state index is 11.9. The quantitative estimate of drug-likeness (QED) is 0.734. The van der Waals surface area contributed by atoms with Gasteiger partial charge in [0.2, 0.25) is 0 Å². The molecule has 0 saturated heterocycles. The first-order valence-electron chi connectivity index (χ1n) is 5.50. The minimum absolute atomic E-state index is 0.0569. The summed E-state index contributed by atoms with van der Waals surface area (Å²) in [6.45, 7) is 4.25. The third-order valence-electron chi connectivity index (χ3n) is 2.37. The summed E-state index contributed by atoms with van der Waals surface area (Å²) in [5.41, 5.74) is 1.77. The smallest absolute Gasteiger partial charge is 0.264 e. The van der Waals surface area contributed by atoms with Gasteiger partial charge in [0, 0.05) is 10.9 Å². The summed E-state index contributed by atoms with van der Waals surface area (Å²) < 4.78 is 1.73. The van der Waals surface area contributed by atoms with Crippen LogP contribution < -0.4 is 5.56 Å². The Balaban J connectivity index is 2.50. The van der Waals surface area contributed by atoms with Gasteiger partial charge in [0.1, 0.15) is 5.82 Å². The Hall–Kier alpha value is -0.210. The van der Waals surface area contributed by atoms with E-state index in [4.69, 9.17) is 0 Å². The molecule has 0 spiro atoms. The highest BCUT2D eigenvalue weighted by atomic mass is 127. The molecule has 0 bridgehead atoms. The number of H-pyrrole nitrogens is 1. The summed E-state index contributed by atoms with van der Waals surface area (Å²) >= 11 is 7.07. The van der Waals surface area contributed by atoms with Crippen LogP contribution >= 0.6 is 49.9 Å². The van der Waals surface area contributed by atoms with Gasteiger partial charge in [-0.1, -0.05) is 13.8 Å². The van der Waals surface area contributed by atoms with Crippen molar-refractivity contribution in [3.8, 4) is 11.4 Å². The van der Waals surface area contributed by atoms with E-state index < -0.39 is 0 Å². The molecule has 96 valence electrons. The number of nitrogens with one attached hydrogen (secondary N) is 1. The van der Waals surface area contributed by atoms with Crippen LogP contribution in [0.5, 0.6) is 0 Å². The van der Waals surface area contributed by atoms with Gasteiger partial charge in [0.05, 0.1) is 13.1 Å². The van der Waals surface area contributed by atoms with Crippen LogP contribution in [-0.2, 0) is 6.42 Å². The van der Waals surface area contributed by atoms with Gasteiger partial charge in [-0.25, -0.2) is 4.98 Å². The Morgan fingerprint density at radius 1 is 1.56 bits per heavy atom. The molecule has 2 aromatic rings. The van der Waals surface area contributed by atoms with Gasteiger partial charge in [-0.15, -0.1) is 11.3 Å². The van der Waals surface area contributed by atoms with E-state index in [1.807, 2.05) is 11.4 Å².